The molecule has 2 aliphatic rings. The Morgan fingerprint density at radius 2 is 1.84 bits per heavy atom. The lowest BCUT2D eigenvalue weighted by Gasteiger charge is -2.39. The van der Waals surface area contributed by atoms with Gasteiger partial charge in [0.25, 0.3) is 11.8 Å². The Kier molecular flexibility index (Phi) is 8.02. The number of hydrogen-bond donors (Lipinski definition) is 1. The minimum absolute atomic E-state index is 0.0891. The van der Waals surface area contributed by atoms with Crippen molar-refractivity contribution in [2.24, 2.45) is 11.7 Å². The summed E-state index contributed by atoms with van der Waals surface area (Å²) in [4.78, 5) is 28.4. The van der Waals surface area contributed by atoms with Crippen molar-refractivity contribution in [3.8, 4) is 11.5 Å². The Morgan fingerprint density at radius 1 is 1.19 bits per heavy atom. The van der Waals surface area contributed by atoms with Gasteiger partial charge in [0.05, 0.1) is 24.3 Å². The maximum Gasteiger partial charge on any atom is 0.255 e. The lowest BCUT2D eigenvalue weighted by Crippen LogP contribution is -2.48. The molecule has 0 aliphatic carbocycles. The van der Waals surface area contributed by atoms with Crippen LogP contribution in [0.1, 0.15) is 37.0 Å². The molecule has 2 aliphatic heterocycles. The molecule has 172 valence electrons. The van der Waals surface area contributed by atoms with Gasteiger partial charge in [0, 0.05) is 38.3 Å². The molecular weight excluding hydrogens is 422 g/mol. The van der Waals surface area contributed by atoms with Crippen LogP contribution in [-0.4, -0.2) is 80.3 Å². The van der Waals surface area contributed by atoms with Crippen LogP contribution < -0.4 is 15.2 Å². The molecule has 0 radical (unpaired) electrons. The van der Waals surface area contributed by atoms with Crippen molar-refractivity contribution in [2.75, 3.05) is 46.4 Å². The number of primary amides is 1. The Labute approximate surface area is 188 Å². The first-order chi connectivity index (χ1) is 14.8. The number of halogens is 1. The van der Waals surface area contributed by atoms with E-state index in [4.69, 9.17) is 31.5 Å². The Morgan fingerprint density at radius 3 is 2.42 bits per heavy atom. The summed E-state index contributed by atoms with van der Waals surface area (Å²) in [6.45, 7) is 8.31. The number of nitrogens with zero attached hydrogens (tertiary/aromatic N) is 2. The second-order valence-corrected chi connectivity index (χ2v) is 8.86. The Balaban J connectivity index is 1.59. The van der Waals surface area contributed by atoms with E-state index in [2.05, 4.69) is 18.7 Å². The predicted molar refractivity (Wildman–Crippen MR) is 118 cm³/mol. The quantitative estimate of drug-likeness (QED) is 0.680. The summed E-state index contributed by atoms with van der Waals surface area (Å²) in [5.41, 5.74) is 5.56. The van der Waals surface area contributed by atoms with Crippen LogP contribution in [0.5, 0.6) is 11.5 Å². The molecule has 0 spiro atoms. The van der Waals surface area contributed by atoms with Crippen LogP contribution in [0.2, 0.25) is 5.02 Å². The van der Waals surface area contributed by atoms with Gasteiger partial charge in [0.1, 0.15) is 0 Å². The van der Waals surface area contributed by atoms with Crippen molar-refractivity contribution in [3.63, 3.8) is 0 Å². The van der Waals surface area contributed by atoms with E-state index in [1.54, 1.807) is 12.1 Å². The van der Waals surface area contributed by atoms with E-state index in [1.807, 2.05) is 4.90 Å². The van der Waals surface area contributed by atoms with Gasteiger partial charge in [-0.25, -0.2) is 0 Å². The molecule has 2 fully saturated rings. The lowest BCUT2D eigenvalue weighted by atomic mass is 9.95. The number of methoxy groups -OCH3 is 1. The van der Waals surface area contributed by atoms with Gasteiger partial charge in [-0.3, -0.25) is 14.5 Å². The molecule has 2 amide bonds. The minimum atomic E-state index is -0.623. The van der Waals surface area contributed by atoms with Gasteiger partial charge in [-0.05, 0) is 44.7 Å². The normalized spacial score (nSPS) is 22.9. The summed E-state index contributed by atoms with van der Waals surface area (Å²) >= 11 is 6.29. The topological polar surface area (TPSA) is 94.3 Å². The zero-order valence-electron chi connectivity index (χ0n) is 18.4. The van der Waals surface area contributed by atoms with E-state index in [0.717, 1.165) is 32.5 Å². The highest BCUT2D eigenvalue weighted by Gasteiger charge is 2.29. The van der Waals surface area contributed by atoms with Crippen LogP contribution in [0, 0.1) is 5.92 Å². The fraction of sp³-hybridized carbons (Fsp3) is 0.636. The number of piperidine rings is 1. The number of carbonyl (C=O) groups excluding carboxylic acids is 2. The van der Waals surface area contributed by atoms with E-state index in [-0.39, 0.29) is 35.5 Å². The van der Waals surface area contributed by atoms with Crippen LogP contribution in [0.4, 0.5) is 0 Å². The summed E-state index contributed by atoms with van der Waals surface area (Å²) < 4.78 is 16.5. The molecule has 1 aromatic carbocycles. The van der Waals surface area contributed by atoms with E-state index in [0.29, 0.717) is 30.3 Å². The molecule has 0 aromatic heterocycles. The first-order valence-corrected chi connectivity index (χ1v) is 11.1. The molecule has 0 bridgehead atoms. The first kappa shape index (κ1) is 23.6. The molecule has 2 atom stereocenters. The number of rotatable bonds is 7. The van der Waals surface area contributed by atoms with Crippen LogP contribution in [0.15, 0.2) is 12.1 Å². The van der Waals surface area contributed by atoms with Crippen molar-refractivity contribution in [2.45, 2.75) is 38.9 Å². The van der Waals surface area contributed by atoms with E-state index in [9.17, 15) is 9.59 Å². The maximum absolute atomic E-state index is 13.0. The third-order valence-electron chi connectivity index (χ3n) is 5.75. The summed E-state index contributed by atoms with van der Waals surface area (Å²) in [6.07, 6.45) is 2.47. The number of carbonyl (C=O) groups is 2. The van der Waals surface area contributed by atoms with E-state index in [1.165, 1.54) is 7.11 Å². The van der Waals surface area contributed by atoms with Gasteiger partial charge in [-0.1, -0.05) is 11.6 Å². The van der Waals surface area contributed by atoms with Gasteiger partial charge in [0.15, 0.2) is 18.1 Å². The molecule has 1 aromatic rings. The number of likely N-dealkylation sites (tertiary alicyclic amines) is 1. The number of nitrogens with two attached hydrogens (primary N) is 1. The Hall–Kier alpha value is -2.03. The van der Waals surface area contributed by atoms with Crippen molar-refractivity contribution < 1.29 is 23.8 Å². The SMILES string of the molecule is COc1cc(C(=O)N2CCC(CN3CC(C)OC(C)C3)CC2)cc(Cl)c1OCC(N)=O. The van der Waals surface area contributed by atoms with E-state index >= 15 is 0 Å². The zero-order chi connectivity index (χ0) is 22.5. The highest BCUT2D eigenvalue weighted by atomic mass is 35.5. The second-order valence-electron chi connectivity index (χ2n) is 8.46. The van der Waals surface area contributed by atoms with Crippen molar-refractivity contribution in [1.82, 2.24) is 9.80 Å². The fourth-order valence-corrected chi connectivity index (χ4v) is 4.69. The third-order valence-corrected chi connectivity index (χ3v) is 6.03. The number of benzene rings is 1. The second kappa shape index (κ2) is 10.5. The van der Waals surface area contributed by atoms with Gasteiger partial charge >= 0.3 is 0 Å². The molecule has 2 N–H and O–H groups in total. The minimum Gasteiger partial charge on any atom is -0.493 e. The highest BCUT2D eigenvalue weighted by molar-refractivity contribution is 6.32. The average Bonchev–Trinajstić information content (AvgIpc) is 2.71. The zero-order valence-corrected chi connectivity index (χ0v) is 19.2. The van der Waals surface area contributed by atoms with Crippen LogP contribution in [-0.2, 0) is 9.53 Å². The van der Waals surface area contributed by atoms with Crippen LogP contribution in [0.25, 0.3) is 0 Å². The number of amides is 2. The predicted octanol–water partition coefficient (Wildman–Crippen LogP) is 2.17. The molecule has 3 rings (SSSR count). The molecule has 9 heteroatoms. The lowest BCUT2D eigenvalue weighted by molar-refractivity contribution is -0.119. The summed E-state index contributed by atoms with van der Waals surface area (Å²) in [5.74, 6) is 0.356. The highest BCUT2D eigenvalue weighted by Crippen LogP contribution is 2.37. The molecule has 2 unspecified atom stereocenters. The van der Waals surface area contributed by atoms with Crippen molar-refractivity contribution >= 4 is 23.4 Å². The molecule has 2 heterocycles. The van der Waals surface area contributed by atoms with Crippen molar-refractivity contribution in [3.05, 3.63) is 22.7 Å². The van der Waals surface area contributed by atoms with Crippen molar-refractivity contribution in [1.29, 1.82) is 0 Å². The number of morpholine rings is 1. The molecule has 2 saturated heterocycles. The van der Waals surface area contributed by atoms with Gasteiger partial charge in [-0.15, -0.1) is 0 Å². The maximum atomic E-state index is 13.0. The largest absolute Gasteiger partial charge is 0.493 e. The number of ether oxygens (including phenoxy) is 3. The summed E-state index contributed by atoms with van der Waals surface area (Å²) in [7, 11) is 1.45. The first-order valence-electron chi connectivity index (χ1n) is 10.7. The molecule has 31 heavy (non-hydrogen) atoms. The third kappa shape index (κ3) is 6.24. The van der Waals surface area contributed by atoms with Gasteiger partial charge in [-0.2, -0.15) is 0 Å². The molecule has 8 nitrogen and oxygen atoms in total. The van der Waals surface area contributed by atoms with Crippen LogP contribution >= 0.6 is 11.6 Å². The van der Waals surface area contributed by atoms with Gasteiger partial charge < -0.3 is 24.8 Å². The smallest absolute Gasteiger partial charge is 0.255 e. The summed E-state index contributed by atoms with van der Waals surface area (Å²) in [5, 5.41) is 0.203. The van der Waals surface area contributed by atoms with Gasteiger partial charge in [0.2, 0.25) is 0 Å². The fourth-order valence-electron chi connectivity index (χ4n) is 4.43. The summed E-state index contributed by atoms with van der Waals surface area (Å²) in [6, 6.07) is 3.14. The number of hydrogen-bond acceptors (Lipinski definition) is 6. The van der Waals surface area contributed by atoms with E-state index < -0.39 is 5.91 Å². The monoisotopic (exact) mass is 453 g/mol. The average molecular weight is 454 g/mol. The molecular formula is C22H32ClN3O5. The standard InChI is InChI=1S/C22H32ClN3O5/c1-14-10-25(11-15(2)31-14)12-16-4-6-26(7-5-16)22(28)17-8-18(23)21(19(9-17)29-3)30-13-20(24)27/h8-9,14-16H,4-7,10-13H2,1-3H3,(H2,24,27). The Bertz CT molecular complexity index is 788. The van der Waals surface area contributed by atoms with Crippen LogP contribution in [0.3, 0.4) is 0 Å². The molecule has 0 saturated carbocycles.